The van der Waals surface area contributed by atoms with Crippen LogP contribution in [0, 0.1) is 5.41 Å². The first-order chi connectivity index (χ1) is 11.3. The predicted molar refractivity (Wildman–Crippen MR) is 98.3 cm³/mol. The first kappa shape index (κ1) is 16.8. The maximum atomic E-state index is 13.0. The average molecular weight is 324 g/mol. The van der Waals surface area contributed by atoms with E-state index in [9.17, 15) is 4.79 Å². The maximum Gasteiger partial charge on any atom is 0.270 e. The Morgan fingerprint density at radius 1 is 1.17 bits per heavy atom. The number of hydrogen-bond donors (Lipinski definition) is 0. The fourth-order valence-corrected chi connectivity index (χ4v) is 4.02. The van der Waals surface area contributed by atoms with Crippen molar-refractivity contribution in [2.45, 2.75) is 45.6 Å². The summed E-state index contributed by atoms with van der Waals surface area (Å²) in [6, 6.07) is 14.8. The lowest BCUT2D eigenvalue weighted by molar-refractivity contribution is 0.0762. The van der Waals surface area contributed by atoms with Gasteiger partial charge in [-0.05, 0) is 43.4 Å². The molecule has 3 nitrogen and oxygen atoms in total. The topological polar surface area (TPSA) is 25.2 Å². The Morgan fingerprint density at radius 3 is 2.33 bits per heavy atom. The quantitative estimate of drug-likeness (QED) is 0.794. The first-order valence-electron chi connectivity index (χ1n) is 8.76. The van der Waals surface area contributed by atoms with E-state index in [4.69, 9.17) is 0 Å². The van der Waals surface area contributed by atoms with Crippen LogP contribution in [0.4, 0.5) is 0 Å². The monoisotopic (exact) mass is 324 g/mol. The number of carbonyl (C=O) groups is 1. The summed E-state index contributed by atoms with van der Waals surface area (Å²) in [7, 11) is 1.93. The van der Waals surface area contributed by atoms with Crippen molar-refractivity contribution in [2.24, 2.45) is 5.41 Å². The number of carbonyl (C=O) groups excluding carboxylic acids is 1. The van der Waals surface area contributed by atoms with Gasteiger partial charge in [0.1, 0.15) is 5.69 Å². The molecule has 1 aliphatic carbocycles. The van der Waals surface area contributed by atoms with Crippen molar-refractivity contribution in [2.75, 3.05) is 13.6 Å². The minimum atomic E-state index is 0.0634. The lowest BCUT2D eigenvalue weighted by Gasteiger charge is -2.28. The van der Waals surface area contributed by atoms with Crippen LogP contribution in [-0.2, 0) is 5.41 Å². The molecule has 0 saturated heterocycles. The molecule has 1 saturated carbocycles. The predicted octanol–water partition coefficient (Wildman–Crippen LogP) is 4.51. The lowest BCUT2D eigenvalue weighted by Crippen LogP contribution is -2.37. The Balaban J connectivity index is 1.84. The van der Waals surface area contributed by atoms with Crippen LogP contribution in [0.2, 0.25) is 0 Å². The average Bonchev–Trinajstić information content (AvgIpc) is 2.91. The van der Waals surface area contributed by atoms with E-state index in [1.54, 1.807) is 0 Å². The molecule has 2 aromatic rings. The Morgan fingerprint density at radius 2 is 1.79 bits per heavy atom. The molecule has 1 aromatic carbocycles. The summed E-state index contributed by atoms with van der Waals surface area (Å²) in [6.45, 7) is 9.56. The zero-order valence-corrected chi connectivity index (χ0v) is 15.4. The minimum absolute atomic E-state index is 0.0634. The van der Waals surface area contributed by atoms with Crippen LogP contribution in [0.3, 0.4) is 0 Å². The molecular formula is C21H28N2O. The van der Waals surface area contributed by atoms with Crippen molar-refractivity contribution in [1.29, 1.82) is 0 Å². The maximum absolute atomic E-state index is 13.0. The molecule has 0 aliphatic heterocycles. The summed E-state index contributed by atoms with van der Waals surface area (Å²) in [4.78, 5) is 14.9. The Bertz CT molecular complexity index is 729. The van der Waals surface area contributed by atoms with Gasteiger partial charge < -0.3 is 9.47 Å². The fourth-order valence-electron chi connectivity index (χ4n) is 4.02. The van der Waals surface area contributed by atoms with Gasteiger partial charge in [-0.2, -0.15) is 0 Å². The van der Waals surface area contributed by atoms with Crippen molar-refractivity contribution >= 4 is 5.91 Å². The van der Waals surface area contributed by atoms with Crippen LogP contribution in [0.1, 0.15) is 56.2 Å². The summed E-state index contributed by atoms with van der Waals surface area (Å²) in [5.74, 6) is 0.103. The van der Waals surface area contributed by atoms with E-state index >= 15 is 0 Å². The molecule has 0 N–H and O–H groups in total. The van der Waals surface area contributed by atoms with Crippen molar-refractivity contribution in [3.8, 4) is 0 Å². The van der Waals surface area contributed by atoms with Crippen LogP contribution in [-0.4, -0.2) is 29.0 Å². The van der Waals surface area contributed by atoms with Gasteiger partial charge >= 0.3 is 0 Å². The number of rotatable bonds is 5. The second kappa shape index (κ2) is 5.80. The second-order valence-corrected chi connectivity index (χ2v) is 8.06. The number of likely N-dealkylation sites (N-methyl/N-ethyl adjacent to an activating group) is 1. The van der Waals surface area contributed by atoms with Gasteiger partial charge in [-0.1, -0.05) is 44.2 Å². The molecule has 1 aromatic heterocycles. The summed E-state index contributed by atoms with van der Waals surface area (Å²) in [6.07, 6.45) is 3.10. The number of nitrogens with zero attached hydrogens (tertiary/aromatic N) is 2. The molecule has 0 spiro atoms. The van der Waals surface area contributed by atoms with Crippen molar-refractivity contribution in [3.05, 3.63) is 59.9 Å². The number of benzene rings is 1. The van der Waals surface area contributed by atoms with E-state index in [0.717, 1.165) is 18.7 Å². The molecule has 128 valence electrons. The highest BCUT2D eigenvalue weighted by Crippen LogP contribution is 2.64. The largest absolute Gasteiger partial charge is 0.341 e. The van der Waals surface area contributed by atoms with Gasteiger partial charge in [-0.15, -0.1) is 0 Å². The SMILES string of the molecule is CC(C)n1cccc1C(=O)N(C)CC1(c2ccccc2)CC1(C)C. The third kappa shape index (κ3) is 2.66. The van der Waals surface area contributed by atoms with Crippen molar-refractivity contribution in [1.82, 2.24) is 9.47 Å². The van der Waals surface area contributed by atoms with Gasteiger partial charge in [0.05, 0.1) is 0 Å². The molecule has 1 heterocycles. The summed E-state index contributed by atoms with van der Waals surface area (Å²) in [5, 5.41) is 0. The zero-order valence-electron chi connectivity index (χ0n) is 15.4. The summed E-state index contributed by atoms with van der Waals surface area (Å²) in [5.41, 5.74) is 2.40. The number of hydrogen-bond acceptors (Lipinski definition) is 1. The minimum Gasteiger partial charge on any atom is -0.341 e. The van der Waals surface area contributed by atoms with Gasteiger partial charge in [-0.25, -0.2) is 0 Å². The third-order valence-corrected chi connectivity index (χ3v) is 5.65. The molecule has 1 atom stereocenters. The van der Waals surface area contributed by atoms with E-state index in [1.807, 2.05) is 34.8 Å². The highest BCUT2D eigenvalue weighted by molar-refractivity contribution is 5.92. The highest BCUT2D eigenvalue weighted by atomic mass is 16.2. The van der Waals surface area contributed by atoms with Gasteiger partial charge in [0.15, 0.2) is 0 Å². The van der Waals surface area contributed by atoms with Crippen LogP contribution >= 0.6 is 0 Å². The van der Waals surface area contributed by atoms with E-state index < -0.39 is 0 Å². The zero-order chi connectivity index (χ0) is 17.5. The normalized spacial score (nSPS) is 21.8. The molecule has 3 rings (SSSR count). The fraction of sp³-hybridized carbons (Fsp3) is 0.476. The van der Waals surface area contributed by atoms with E-state index in [-0.39, 0.29) is 22.8 Å². The molecule has 24 heavy (non-hydrogen) atoms. The lowest BCUT2D eigenvalue weighted by atomic mass is 9.87. The highest BCUT2D eigenvalue weighted by Gasteiger charge is 2.62. The summed E-state index contributed by atoms with van der Waals surface area (Å²) < 4.78 is 2.05. The Hall–Kier alpha value is -2.03. The van der Waals surface area contributed by atoms with Crippen LogP contribution in [0.5, 0.6) is 0 Å². The standard InChI is InChI=1S/C21H28N2O/c1-16(2)23-13-9-12-18(23)19(24)22(5)15-21(14-20(21,3)4)17-10-7-6-8-11-17/h6-13,16H,14-15H2,1-5H3. The number of aromatic nitrogens is 1. The Kier molecular flexibility index (Phi) is 4.06. The molecule has 1 amide bonds. The van der Waals surface area contributed by atoms with E-state index in [2.05, 4.69) is 58.0 Å². The van der Waals surface area contributed by atoms with Gasteiger partial charge in [-0.3, -0.25) is 4.79 Å². The van der Waals surface area contributed by atoms with Crippen LogP contribution in [0.15, 0.2) is 48.7 Å². The van der Waals surface area contributed by atoms with Gasteiger partial charge in [0.2, 0.25) is 0 Å². The molecule has 1 fully saturated rings. The summed E-state index contributed by atoms with van der Waals surface area (Å²) >= 11 is 0. The van der Waals surface area contributed by atoms with Gasteiger partial charge in [0.25, 0.3) is 5.91 Å². The van der Waals surface area contributed by atoms with Crippen LogP contribution in [0.25, 0.3) is 0 Å². The van der Waals surface area contributed by atoms with E-state index in [1.165, 1.54) is 5.56 Å². The van der Waals surface area contributed by atoms with Gasteiger partial charge in [0, 0.05) is 31.2 Å². The molecule has 1 unspecified atom stereocenters. The van der Waals surface area contributed by atoms with E-state index in [0.29, 0.717) is 0 Å². The molecule has 1 aliphatic rings. The molecule has 3 heteroatoms. The number of amides is 1. The Labute approximate surface area is 145 Å². The van der Waals surface area contributed by atoms with Crippen molar-refractivity contribution < 1.29 is 4.79 Å². The molecular weight excluding hydrogens is 296 g/mol. The van der Waals surface area contributed by atoms with Crippen LogP contribution < -0.4 is 0 Å². The third-order valence-electron chi connectivity index (χ3n) is 5.65. The molecule has 0 radical (unpaired) electrons. The smallest absolute Gasteiger partial charge is 0.270 e. The molecule has 0 bridgehead atoms. The first-order valence-corrected chi connectivity index (χ1v) is 8.76. The van der Waals surface area contributed by atoms with Crippen molar-refractivity contribution in [3.63, 3.8) is 0 Å². The second-order valence-electron chi connectivity index (χ2n) is 8.06.